The van der Waals surface area contributed by atoms with Crippen LogP contribution in [0.4, 0.5) is 5.69 Å². The van der Waals surface area contributed by atoms with Crippen molar-refractivity contribution in [1.29, 1.82) is 0 Å². The van der Waals surface area contributed by atoms with Crippen LogP contribution in [0.15, 0.2) is 42.7 Å². The van der Waals surface area contributed by atoms with Gasteiger partial charge >= 0.3 is 0 Å². The molecule has 2 aliphatic heterocycles. The summed E-state index contributed by atoms with van der Waals surface area (Å²) in [5, 5.41) is 10.1. The highest BCUT2D eigenvalue weighted by molar-refractivity contribution is 6.30. The lowest BCUT2D eigenvalue weighted by molar-refractivity contribution is -0.127. The van der Waals surface area contributed by atoms with Crippen molar-refractivity contribution in [2.45, 2.75) is 19.3 Å². The lowest BCUT2D eigenvalue weighted by Crippen LogP contribution is -2.46. The van der Waals surface area contributed by atoms with Crippen LogP contribution in [-0.4, -0.2) is 46.4 Å². The predicted octanol–water partition coefficient (Wildman–Crippen LogP) is 3.10. The largest absolute Gasteiger partial charge is 0.508 e. The van der Waals surface area contributed by atoms with Gasteiger partial charge < -0.3 is 14.9 Å². The van der Waals surface area contributed by atoms with E-state index in [0.717, 1.165) is 12.1 Å². The van der Waals surface area contributed by atoms with Gasteiger partial charge in [-0.3, -0.25) is 14.6 Å². The number of carbonyl (C=O) groups excluding carboxylic acids is 2. The quantitative estimate of drug-likeness (QED) is 0.862. The minimum absolute atomic E-state index is 0.0751. The molecular formula is C20H20ClN3O3. The maximum Gasteiger partial charge on any atom is 0.253 e. The SMILES string of the molecule is O=C(c1cccc(O)c1)N1CCC2(CC1)CCN(c1cncc(Cl)c1)C2=O. The molecule has 0 radical (unpaired) electrons. The third-order valence-electron chi connectivity index (χ3n) is 5.62. The van der Waals surface area contributed by atoms with E-state index in [1.165, 1.54) is 6.07 Å². The Kier molecular flexibility index (Phi) is 4.52. The fourth-order valence-corrected chi connectivity index (χ4v) is 4.21. The van der Waals surface area contributed by atoms with Gasteiger partial charge in [-0.05, 0) is 43.5 Å². The molecule has 27 heavy (non-hydrogen) atoms. The number of nitrogens with zero attached hydrogens (tertiary/aromatic N) is 3. The Hall–Kier alpha value is -2.60. The minimum Gasteiger partial charge on any atom is -0.508 e. The number of amides is 2. The number of piperidine rings is 1. The molecule has 0 aliphatic carbocycles. The first kappa shape index (κ1) is 17.8. The van der Waals surface area contributed by atoms with Crippen LogP contribution in [0.2, 0.25) is 5.02 Å². The number of aromatic nitrogens is 1. The summed E-state index contributed by atoms with van der Waals surface area (Å²) in [4.78, 5) is 33.4. The third-order valence-corrected chi connectivity index (χ3v) is 5.82. The van der Waals surface area contributed by atoms with Crippen molar-refractivity contribution >= 4 is 29.1 Å². The molecule has 2 saturated heterocycles. The van der Waals surface area contributed by atoms with Gasteiger partial charge in [-0.2, -0.15) is 0 Å². The van der Waals surface area contributed by atoms with Crippen LogP contribution in [0, 0.1) is 5.41 Å². The molecule has 1 spiro atoms. The molecule has 3 heterocycles. The van der Waals surface area contributed by atoms with Gasteiger partial charge in [0.25, 0.3) is 5.91 Å². The molecule has 0 bridgehead atoms. The highest BCUT2D eigenvalue weighted by Crippen LogP contribution is 2.43. The number of hydrogen-bond acceptors (Lipinski definition) is 4. The first-order chi connectivity index (χ1) is 13.0. The average Bonchev–Trinajstić information content (AvgIpc) is 2.98. The van der Waals surface area contributed by atoms with Crippen molar-refractivity contribution in [2.24, 2.45) is 5.41 Å². The molecular weight excluding hydrogens is 366 g/mol. The van der Waals surface area contributed by atoms with E-state index in [1.807, 2.05) is 0 Å². The Morgan fingerprint density at radius 2 is 1.85 bits per heavy atom. The molecule has 0 saturated carbocycles. The van der Waals surface area contributed by atoms with Crippen molar-refractivity contribution in [3.05, 3.63) is 53.3 Å². The van der Waals surface area contributed by atoms with Crippen molar-refractivity contribution in [2.75, 3.05) is 24.5 Å². The molecule has 1 N–H and O–H groups in total. The van der Waals surface area contributed by atoms with E-state index in [0.29, 0.717) is 43.1 Å². The number of benzene rings is 1. The second kappa shape index (κ2) is 6.85. The monoisotopic (exact) mass is 385 g/mol. The second-order valence-electron chi connectivity index (χ2n) is 7.19. The van der Waals surface area contributed by atoms with Crippen LogP contribution in [0.1, 0.15) is 29.6 Å². The van der Waals surface area contributed by atoms with Gasteiger partial charge in [0.15, 0.2) is 0 Å². The van der Waals surface area contributed by atoms with E-state index < -0.39 is 5.41 Å². The van der Waals surface area contributed by atoms with E-state index in [2.05, 4.69) is 4.98 Å². The van der Waals surface area contributed by atoms with Crippen molar-refractivity contribution < 1.29 is 14.7 Å². The lowest BCUT2D eigenvalue weighted by Gasteiger charge is -2.38. The van der Waals surface area contributed by atoms with Crippen molar-refractivity contribution in [1.82, 2.24) is 9.88 Å². The molecule has 1 aromatic heterocycles. The summed E-state index contributed by atoms with van der Waals surface area (Å²) in [6.07, 6.45) is 5.25. The molecule has 7 heteroatoms. The maximum atomic E-state index is 13.1. The predicted molar refractivity (Wildman–Crippen MR) is 102 cm³/mol. The summed E-state index contributed by atoms with van der Waals surface area (Å²) in [5.74, 6) is 0.0594. The zero-order chi connectivity index (χ0) is 19.0. The number of aromatic hydroxyl groups is 1. The van der Waals surface area contributed by atoms with Crippen LogP contribution >= 0.6 is 11.6 Å². The highest BCUT2D eigenvalue weighted by Gasteiger charge is 2.49. The number of likely N-dealkylation sites (tertiary alicyclic amines) is 1. The Bertz CT molecular complexity index is 894. The Morgan fingerprint density at radius 1 is 1.11 bits per heavy atom. The van der Waals surface area contributed by atoms with E-state index in [4.69, 9.17) is 11.6 Å². The normalized spacial score (nSPS) is 18.9. The van der Waals surface area contributed by atoms with Gasteiger partial charge in [0.2, 0.25) is 5.91 Å². The molecule has 2 aromatic rings. The zero-order valence-electron chi connectivity index (χ0n) is 14.8. The summed E-state index contributed by atoms with van der Waals surface area (Å²) < 4.78 is 0. The van der Waals surface area contributed by atoms with Crippen LogP contribution in [-0.2, 0) is 4.79 Å². The number of rotatable bonds is 2. The fourth-order valence-electron chi connectivity index (χ4n) is 4.04. The van der Waals surface area contributed by atoms with Crippen LogP contribution < -0.4 is 4.90 Å². The number of anilines is 1. The number of phenolic OH excluding ortho intramolecular Hbond substituents is 1. The average molecular weight is 386 g/mol. The lowest BCUT2D eigenvalue weighted by atomic mass is 9.77. The molecule has 2 fully saturated rings. The summed E-state index contributed by atoms with van der Waals surface area (Å²) in [7, 11) is 0. The van der Waals surface area contributed by atoms with E-state index in [9.17, 15) is 14.7 Å². The molecule has 2 amide bonds. The van der Waals surface area contributed by atoms with Gasteiger partial charge in [0, 0.05) is 31.4 Å². The van der Waals surface area contributed by atoms with Crippen LogP contribution in [0.3, 0.4) is 0 Å². The van der Waals surface area contributed by atoms with Crippen LogP contribution in [0.5, 0.6) is 5.75 Å². The number of carbonyl (C=O) groups is 2. The highest BCUT2D eigenvalue weighted by atomic mass is 35.5. The maximum absolute atomic E-state index is 13.1. The van der Waals surface area contributed by atoms with E-state index in [1.54, 1.807) is 46.5 Å². The van der Waals surface area contributed by atoms with Gasteiger partial charge in [0.1, 0.15) is 5.75 Å². The molecule has 2 aliphatic rings. The first-order valence-corrected chi connectivity index (χ1v) is 9.37. The standard InChI is InChI=1S/C20H20ClN3O3/c21-15-11-16(13-22-12-15)24-9-6-20(19(24)27)4-7-23(8-5-20)18(26)14-2-1-3-17(25)10-14/h1-3,10-13,25H,4-9H2. The summed E-state index contributed by atoms with van der Waals surface area (Å²) in [6, 6.07) is 8.12. The number of halogens is 1. The van der Waals surface area contributed by atoms with Crippen molar-refractivity contribution in [3.8, 4) is 5.75 Å². The number of hydrogen-bond donors (Lipinski definition) is 1. The van der Waals surface area contributed by atoms with E-state index >= 15 is 0 Å². The molecule has 0 atom stereocenters. The third kappa shape index (κ3) is 3.25. The topological polar surface area (TPSA) is 73.7 Å². The molecule has 4 rings (SSSR count). The summed E-state index contributed by atoms with van der Waals surface area (Å²) in [5.41, 5.74) is 0.774. The molecule has 1 aromatic carbocycles. The zero-order valence-corrected chi connectivity index (χ0v) is 15.5. The molecule has 140 valence electrons. The second-order valence-corrected chi connectivity index (χ2v) is 7.63. The summed E-state index contributed by atoms with van der Waals surface area (Å²) in [6.45, 7) is 1.70. The molecule has 0 unspecified atom stereocenters. The van der Waals surface area contributed by atoms with Gasteiger partial charge in [-0.25, -0.2) is 0 Å². The van der Waals surface area contributed by atoms with Gasteiger partial charge in [-0.15, -0.1) is 0 Å². The Morgan fingerprint density at radius 3 is 2.56 bits per heavy atom. The number of pyridine rings is 1. The number of phenols is 1. The Balaban J connectivity index is 1.46. The fraction of sp³-hybridized carbons (Fsp3) is 0.350. The smallest absolute Gasteiger partial charge is 0.253 e. The Labute approximate surface area is 162 Å². The van der Waals surface area contributed by atoms with Crippen molar-refractivity contribution in [3.63, 3.8) is 0 Å². The first-order valence-electron chi connectivity index (χ1n) is 8.99. The van der Waals surface area contributed by atoms with Gasteiger partial charge in [0.05, 0.1) is 22.3 Å². The summed E-state index contributed by atoms with van der Waals surface area (Å²) >= 11 is 6.01. The minimum atomic E-state index is -0.419. The van der Waals surface area contributed by atoms with Gasteiger partial charge in [-0.1, -0.05) is 17.7 Å². The molecule has 6 nitrogen and oxygen atoms in total. The van der Waals surface area contributed by atoms with Crippen LogP contribution in [0.25, 0.3) is 0 Å². The van der Waals surface area contributed by atoms with E-state index in [-0.39, 0.29) is 17.6 Å².